The number of hydrogen-bond donors (Lipinski definition) is 0. The van der Waals surface area contributed by atoms with Gasteiger partial charge < -0.3 is 9.64 Å². The van der Waals surface area contributed by atoms with Crippen LogP contribution in [0, 0.1) is 0 Å². The largest absolute Gasteiger partial charge is 0.377 e. The van der Waals surface area contributed by atoms with Gasteiger partial charge in [-0.25, -0.2) is 9.97 Å². The lowest BCUT2D eigenvalue weighted by Gasteiger charge is -2.49. The second-order valence-corrected chi connectivity index (χ2v) is 7.36. The lowest BCUT2D eigenvalue weighted by Crippen LogP contribution is -2.60. The van der Waals surface area contributed by atoms with Crippen LogP contribution < -0.4 is 0 Å². The molecule has 3 heterocycles. The van der Waals surface area contributed by atoms with E-state index in [2.05, 4.69) is 26.8 Å². The summed E-state index contributed by atoms with van der Waals surface area (Å²) in [5.74, 6) is 0.982. The van der Waals surface area contributed by atoms with Crippen LogP contribution in [0.3, 0.4) is 0 Å². The van der Waals surface area contributed by atoms with Gasteiger partial charge in [0.1, 0.15) is 6.61 Å². The number of rotatable bonds is 4. The maximum Gasteiger partial charge on any atom is 0.222 e. The second kappa shape index (κ2) is 7.76. The number of likely N-dealkylation sites (tertiary alicyclic amines) is 1. The number of ether oxygens (including phenoxy) is 1. The lowest BCUT2D eigenvalue weighted by atomic mass is 9.86. The summed E-state index contributed by atoms with van der Waals surface area (Å²) in [7, 11) is 5.77. The average molecular weight is 347 g/mol. The number of nitrogens with zero attached hydrogens (tertiary/aromatic N) is 5. The molecule has 1 aromatic heterocycles. The Morgan fingerprint density at radius 3 is 2.64 bits per heavy atom. The first kappa shape index (κ1) is 18.2. The molecule has 1 unspecified atom stereocenters. The van der Waals surface area contributed by atoms with E-state index >= 15 is 0 Å². The van der Waals surface area contributed by atoms with E-state index in [9.17, 15) is 4.79 Å². The number of aromatic nitrogens is 2. The highest BCUT2D eigenvalue weighted by Crippen LogP contribution is 2.32. The van der Waals surface area contributed by atoms with E-state index in [1.54, 1.807) is 7.11 Å². The first-order valence-electron chi connectivity index (χ1n) is 8.99. The molecule has 0 saturated carbocycles. The van der Waals surface area contributed by atoms with Gasteiger partial charge in [-0.3, -0.25) is 14.6 Å². The van der Waals surface area contributed by atoms with E-state index in [4.69, 9.17) is 4.74 Å². The van der Waals surface area contributed by atoms with Gasteiger partial charge in [0.25, 0.3) is 0 Å². The summed E-state index contributed by atoms with van der Waals surface area (Å²) in [5.41, 5.74) is 1.22. The van der Waals surface area contributed by atoms with Crippen LogP contribution in [-0.4, -0.2) is 83.5 Å². The fourth-order valence-corrected chi connectivity index (χ4v) is 3.90. The van der Waals surface area contributed by atoms with Gasteiger partial charge in [-0.1, -0.05) is 0 Å². The smallest absolute Gasteiger partial charge is 0.222 e. The molecule has 7 nitrogen and oxygen atoms in total. The Morgan fingerprint density at radius 2 is 1.92 bits per heavy atom. The Morgan fingerprint density at radius 1 is 1.16 bits per heavy atom. The molecule has 7 heteroatoms. The molecular formula is C18H29N5O2. The molecule has 1 amide bonds. The molecule has 0 bridgehead atoms. The highest BCUT2D eigenvalue weighted by atomic mass is 16.5. The number of carbonyl (C=O) groups is 1. The van der Waals surface area contributed by atoms with Crippen LogP contribution in [0.1, 0.15) is 30.7 Å². The molecule has 1 spiro atoms. The second-order valence-electron chi connectivity index (χ2n) is 7.36. The van der Waals surface area contributed by atoms with Gasteiger partial charge in [0, 0.05) is 76.8 Å². The van der Waals surface area contributed by atoms with Crippen LogP contribution >= 0.6 is 0 Å². The number of amides is 1. The molecule has 0 aliphatic carbocycles. The average Bonchev–Trinajstić information content (AvgIpc) is 2.75. The van der Waals surface area contributed by atoms with E-state index in [0.29, 0.717) is 18.9 Å². The minimum atomic E-state index is 0.0928. The third-order valence-corrected chi connectivity index (χ3v) is 5.66. The third-order valence-electron chi connectivity index (χ3n) is 5.66. The van der Waals surface area contributed by atoms with Crippen molar-refractivity contribution in [3.8, 4) is 0 Å². The zero-order chi connectivity index (χ0) is 17.9. The predicted molar refractivity (Wildman–Crippen MR) is 94.9 cm³/mol. The Bertz CT molecular complexity index is 594. The fraction of sp³-hybridized carbons (Fsp3) is 0.722. The number of hydrogen-bond acceptors (Lipinski definition) is 6. The minimum absolute atomic E-state index is 0.0928. The van der Waals surface area contributed by atoms with Crippen molar-refractivity contribution in [1.29, 1.82) is 0 Å². The van der Waals surface area contributed by atoms with Crippen molar-refractivity contribution in [2.45, 2.75) is 38.0 Å². The van der Waals surface area contributed by atoms with Crippen LogP contribution in [0.25, 0.3) is 0 Å². The summed E-state index contributed by atoms with van der Waals surface area (Å²) >= 11 is 0. The molecule has 0 radical (unpaired) electrons. The molecule has 0 aromatic carbocycles. The SMILES string of the molecule is COCc1ncc(CN2CCN(C)C3(CCC(=O)N(C)CC3)C2)cn1. The van der Waals surface area contributed by atoms with Gasteiger partial charge in [-0.05, 0) is 19.9 Å². The topological polar surface area (TPSA) is 61.8 Å². The third kappa shape index (κ3) is 4.16. The predicted octanol–water partition coefficient (Wildman–Crippen LogP) is 0.752. The summed E-state index contributed by atoms with van der Waals surface area (Å²) in [5, 5.41) is 0. The quantitative estimate of drug-likeness (QED) is 0.801. The van der Waals surface area contributed by atoms with Crippen molar-refractivity contribution < 1.29 is 9.53 Å². The van der Waals surface area contributed by atoms with Crippen LogP contribution in [-0.2, 0) is 22.7 Å². The standard InChI is InChI=1S/C18H29N5O2/c1-21-7-6-18(5-4-17(21)24)14-23(9-8-22(18)2)12-15-10-19-16(13-25-3)20-11-15/h10-11H,4-9,12-14H2,1-3H3. The Balaban J connectivity index is 1.66. The van der Waals surface area contributed by atoms with Crippen molar-refractivity contribution in [3.05, 3.63) is 23.8 Å². The maximum absolute atomic E-state index is 12.1. The molecule has 0 N–H and O–H groups in total. The normalized spacial score (nSPS) is 26.2. The van der Waals surface area contributed by atoms with Crippen molar-refractivity contribution >= 4 is 5.91 Å². The molecule has 2 saturated heterocycles. The highest BCUT2D eigenvalue weighted by Gasteiger charge is 2.41. The van der Waals surface area contributed by atoms with E-state index in [1.807, 2.05) is 24.3 Å². The van der Waals surface area contributed by atoms with Crippen LogP contribution in [0.4, 0.5) is 0 Å². The summed E-state index contributed by atoms with van der Waals surface area (Å²) in [6.07, 6.45) is 6.41. The van der Waals surface area contributed by atoms with Crippen LogP contribution in [0.5, 0.6) is 0 Å². The van der Waals surface area contributed by atoms with Gasteiger partial charge in [0.05, 0.1) is 0 Å². The molecule has 2 aliphatic heterocycles. The minimum Gasteiger partial charge on any atom is -0.377 e. The summed E-state index contributed by atoms with van der Waals surface area (Å²) < 4.78 is 5.06. The van der Waals surface area contributed by atoms with Gasteiger partial charge in [0.2, 0.25) is 5.91 Å². The Hall–Kier alpha value is -1.57. The van der Waals surface area contributed by atoms with Crippen LogP contribution in [0.2, 0.25) is 0 Å². The fourth-order valence-electron chi connectivity index (χ4n) is 3.90. The zero-order valence-electron chi connectivity index (χ0n) is 15.6. The van der Waals surface area contributed by atoms with Gasteiger partial charge >= 0.3 is 0 Å². The van der Waals surface area contributed by atoms with E-state index < -0.39 is 0 Å². The Labute approximate surface area is 150 Å². The number of likely N-dealkylation sites (N-methyl/N-ethyl adjacent to an activating group) is 1. The molecule has 1 aromatic rings. The first-order chi connectivity index (χ1) is 12.0. The lowest BCUT2D eigenvalue weighted by molar-refractivity contribution is -0.129. The molecule has 2 aliphatic rings. The van der Waals surface area contributed by atoms with E-state index in [-0.39, 0.29) is 11.4 Å². The molecule has 1 atom stereocenters. The van der Waals surface area contributed by atoms with Crippen molar-refractivity contribution in [2.24, 2.45) is 0 Å². The molecule has 2 fully saturated rings. The van der Waals surface area contributed by atoms with E-state index in [0.717, 1.165) is 51.1 Å². The number of piperazine rings is 1. The molecule has 138 valence electrons. The van der Waals surface area contributed by atoms with Gasteiger partial charge in [-0.15, -0.1) is 0 Å². The van der Waals surface area contributed by atoms with Crippen LogP contribution in [0.15, 0.2) is 12.4 Å². The molecular weight excluding hydrogens is 318 g/mol. The number of methoxy groups -OCH3 is 1. The summed E-state index contributed by atoms with van der Waals surface area (Å²) in [6.45, 7) is 5.19. The monoisotopic (exact) mass is 347 g/mol. The van der Waals surface area contributed by atoms with Crippen molar-refractivity contribution in [3.63, 3.8) is 0 Å². The molecule has 3 rings (SSSR count). The highest BCUT2D eigenvalue weighted by molar-refractivity contribution is 5.76. The Kier molecular flexibility index (Phi) is 5.66. The first-order valence-corrected chi connectivity index (χ1v) is 8.99. The molecule has 25 heavy (non-hydrogen) atoms. The zero-order valence-corrected chi connectivity index (χ0v) is 15.6. The van der Waals surface area contributed by atoms with Crippen molar-refractivity contribution in [2.75, 3.05) is 47.4 Å². The maximum atomic E-state index is 12.1. The van der Waals surface area contributed by atoms with Crippen molar-refractivity contribution in [1.82, 2.24) is 24.7 Å². The summed E-state index contributed by atoms with van der Waals surface area (Å²) in [6, 6.07) is 0. The van der Waals surface area contributed by atoms with E-state index in [1.165, 1.54) is 0 Å². The number of carbonyl (C=O) groups excluding carboxylic acids is 1. The van der Waals surface area contributed by atoms with Gasteiger partial charge in [-0.2, -0.15) is 0 Å². The van der Waals surface area contributed by atoms with Gasteiger partial charge in [0.15, 0.2) is 5.82 Å². The summed E-state index contributed by atoms with van der Waals surface area (Å²) in [4.78, 5) is 27.6.